The van der Waals surface area contributed by atoms with Crippen molar-refractivity contribution in [3.8, 4) is 0 Å². The largest absolute Gasteiger partial charge is 0.362 e. The van der Waals surface area contributed by atoms with Crippen molar-refractivity contribution in [2.45, 2.75) is 12.8 Å². The molecule has 0 bridgehead atoms. The van der Waals surface area contributed by atoms with Gasteiger partial charge in [-0.15, -0.1) is 0 Å². The van der Waals surface area contributed by atoms with Crippen LogP contribution in [0.1, 0.15) is 21.6 Å². The maximum atomic E-state index is 11.9. The number of pyridine rings is 1. The maximum absolute atomic E-state index is 11.9. The number of anilines is 1. The standard InChI is InChI=1S/C13H20N4O/c1-14-13(18)10-8-9-4-6-15-7-5-11(9)16-12(10)17(2)3/h8,15H,4-7H2,1-3H3,(H,14,18). The summed E-state index contributed by atoms with van der Waals surface area (Å²) in [7, 11) is 5.47. The van der Waals surface area contributed by atoms with E-state index in [1.807, 2.05) is 25.1 Å². The van der Waals surface area contributed by atoms with Gasteiger partial charge in [-0.25, -0.2) is 4.98 Å². The van der Waals surface area contributed by atoms with E-state index in [-0.39, 0.29) is 5.91 Å². The summed E-state index contributed by atoms with van der Waals surface area (Å²) in [6.45, 7) is 1.90. The van der Waals surface area contributed by atoms with Gasteiger partial charge in [0.15, 0.2) is 0 Å². The zero-order valence-electron chi connectivity index (χ0n) is 11.2. The molecule has 5 heteroatoms. The minimum Gasteiger partial charge on any atom is -0.362 e. The third kappa shape index (κ3) is 2.46. The molecule has 1 aliphatic rings. The quantitative estimate of drug-likeness (QED) is 0.785. The summed E-state index contributed by atoms with van der Waals surface area (Å²) in [6, 6.07) is 1.99. The predicted molar refractivity (Wildman–Crippen MR) is 72.2 cm³/mol. The number of hydrogen-bond acceptors (Lipinski definition) is 4. The highest BCUT2D eigenvalue weighted by Crippen LogP contribution is 2.21. The Morgan fingerprint density at radius 1 is 1.39 bits per heavy atom. The van der Waals surface area contributed by atoms with Crippen LogP contribution in [0, 0.1) is 0 Å². The van der Waals surface area contributed by atoms with Crippen molar-refractivity contribution in [1.29, 1.82) is 0 Å². The average molecular weight is 248 g/mol. The van der Waals surface area contributed by atoms with Gasteiger partial charge in [-0.1, -0.05) is 0 Å². The molecule has 0 radical (unpaired) electrons. The normalized spacial score (nSPS) is 14.6. The number of nitrogens with one attached hydrogen (secondary N) is 2. The Morgan fingerprint density at radius 2 is 2.11 bits per heavy atom. The number of hydrogen-bond donors (Lipinski definition) is 2. The molecule has 2 N–H and O–H groups in total. The van der Waals surface area contributed by atoms with Crippen molar-refractivity contribution < 1.29 is 4.79 Å². The SMILES string of the molecule is CNC(=O)c1cc2c(nc1N(C)C)CCNCC2. The van der Waals surface area contributed by atoms with Crippen LogP contribution in [-0.4, -0.2) is 45.1 Å². The number of amides is 1. The zero-order valence-corrected chi connectivity index (χ0v) is 11.2. The van der Waals surface area contributed by atoms with Crippen LogP contribution in [0.25, 0.3) is 0 Å². The van der Waals surface area contributed by atoms with Crippen molar-refractivity contribution >= 4 is 11.7 Å². The molecule has 0 atom stereocenters. The van der Waals surface area contributed by atoms with Crippen LogP contribution in [0.5, 0.6) is 0 Å². The van der Waals surface area contributed by atoms with Gasteiger partial charge in [0.05, 0.1) is 5.56 Å². The van der Waals surface area contributed by atoms with Crippen molar-refractivity contribution in [3.63, 3.8) is 0 Å². The van der Waals surface area contributed by atoms with Gasteiger partial charge in [-0.05, 0) is 24.6 Å². The molecule has 0 unspecified atom stereocenters. The number of carbonyl (C=O) groups excluding carboxylic acids is 1. The number of nitrogens with zero attached hydrogens (tertiary/aromatic N) is 2. The lowest BCUT2D eigenvalue weighted by Gasteiger charge is -2.18. The molecule has 2 rings (SSSR count). The fourth-order valence-electron chi connectivity index (χ4n) is 2.21. The molecule has 5 nitrogen and oxygen atoms in total. The summed E-state index contributed by atoms with van der Waals surface area (Å²) in [5, 5.41) is 6.03. The highest BCUT2D eigenvalue weighted by atomic mass is 16.1. The Labute approximate surface area is 108 Å². The summed E-state index contributed by atoms with van der Waals surface area (Å²) in [6.07, 6.45) is 1.85. The van der Waals surface area contributed by atoms with Gasteiger partial charge in [-0.3, -0.25) is 4.79 Å². The Morgan fingerprint density at radius 3 is 2.78 bits per heavy atom. The first-order chi connectivity index (χ1) is 8.63. The molecule has 1 aromatic heterocycles. The second kappa shape index (κ2) is 5.35. The van der Waals surface area contributed by atoms with Gasteiger partial charge in [-0.2, -0.15) is 0 Å². The molecule has 0 spiro atoms. The van der Waals surface area contributed by atoms with Gasteiger partial charge in [0, 0.05) is 39.8 Å². The van der Waals surface area contributed by atoms with Crippen molar-refractivity contribution in [2.24, 2.45) is 0 Å². The lowest BCUT2D eigenvalue weighted by molar-refractivity contribution is 0.0963. The summed E-state index contributed by atoms with van der Waals surface area (Å²) in [5.74, 6) is 0.668. The summed E-state index contributed by atoms with van der Waals surface area (Å²) >= 11 is 0. The smallest absolute Gasteiger partial charge is 0.254 e. The molecule has 1 aromatic rings. The van der Waals surface area contributed by atoms with Crippen LogP contribution < -0.4 is 15.5 Å². The van der Waals surface area contributed by atoms with Crippen molar-refractivity contribution in [3.05, 3.63) is 22.9 Å². The van der Waals surface area contributed by atoms with Crippen LogP contribution in [0.2, 0.25) is 0 Å². The van der Waals surface area contributed by atoms with Crippen LogP contribution in [0.4, 0.5) is 5.82 Å². The second-order valence-corrected chi connectivity index (χ2v) is 4.69. The minimum atomic E-state index is -0.0776. The first kappa shape index (κ1) is 12.8. The number of rotatable bonds is 2. The Balaban J connectivity index is 2.51. The average Bonchev–Trinajstić information content (AvgIpc) is 2.60. The van der Waals surface area contributed by atoms with Crippen LogP contribution in [-0.2, 0) is 12.8 Å². The van der Waals surface area contributed by atoms with Gasteiger partial charge in [0.1, 0.15) is 5.82 Å². The van der Waals surface area contributed by atoms with Crippen LogP contribution >= 0.6 is 0 Å². The Hall–Kier alpha value is -1.62. The summed E-state index contributed by atoms with van der Waals surface area (Å²) < 4.78 is 0. The lowest BCUT2D eigenvalue weighted by Crippen LogP contribution is -2.24. The highest BCUT2D eigenvalue weighted by molar-refractivity contribution is 5.99. The Bertz CT molecular complexity index is 457. The molecule has 18 heavy (non-hydrogen) atoms. The molecule has 1 amide bonds. The number of aromatic nitrogens is 1. The van der Waals surface area contributed by atoms with E-state index in [2.05, 4.69) is 15.6 Å². The lowest BCUT2D eigenvalue weighted by atomic mass is 10.0. The zero-order chi connectivity index (χ0) is 13.1. The summed E-state index contributed by atoms with van der Waals surface area (Å²) in [4.78, 5) is 18.5. The van der Waals surface area contributed by atoms with E-state index < -0.39 is 0 Å². The van der Waals surface area contributed by atoms with E-state index in [0.717, 1.165) is 37.4 Å². The van der Waals surface area contributed by atoms with E-state index in [4.69, 9.17) is 0 Å². The van der Waals surface area contributed by atoms with Crippen LogP contribution in [0.3, 0.4) is 0 Å². The molecule has 0 saturated carbocycles. The van der Waals surface area contributed by atoms with Gasteiger partial charge in [0.25, 0.3) is 5.91 Å². The van der Waals surface area contributed by atoms with Gasteiger partial charge in [0.2, 0.25) is 0 Å². The first-order valence-electron chi connectivity index (χ1n) is 6.26. The minimum absolute atomic E-state index is 0.0776. The van der Waals surface area contributed by atoms with Gasteiger partial charge < -0.3 is 15.5 Å². The number of carbonyl (C=O) groups is 1. The van der Waals surface area contributed by atoms with E-state index in [0.29, 0.717) is 5.56 Å². The second-order valence-electron chi connectivity index (χ2n) is 4.69. The van der Waals surface area contributed by atoms with Crippen molar-refractivity contribution in [1.82, 2.24) is 15.6 Å². The molecule has 2 heterocycles. The predicted octanol–water partition coefficient (Wildman–Crippen LogP) is 0.195. The topological polar surface area (TPSA) is 57.3 Å². The molecule has 0 saturated heterocycles. The highest BCUT2D eigenvalue weighted by Gasteiger charge is 2.18. The molecular formula is C13H20N4O. The molecular weight excluding hydrogens is 228 g/mol. The molecule has 1 aliphatic heterocycles. The molecule has 98 valence electrons. The first-order valence-corrected chi connectivity index (χ1v) is 6.26. The monoisotopic (exact) mass is 248 g/mol. The summed E-state index contributed by atoms with van der Waals surface area (Å²) in [5.41, 5.74) is 2.95. The maximum Gasteiger partial charge on any atom is 0.254 e. The third-order valence-corrected chi connectivity index (χ3v) is 3.18. The fourth-order valence-corrected chi connectivity index (χ4v) is 2.21. The van der Waals surface area contributed by atoms with E-state index >= 15 is 0 Å². The number of fused-ring (bicyclic) bond motifs is 1. The van der Waals surface area contributed by atoms with Crippen LogP contribution in [0.15, 0.2) is 6.07 Å². The Kier molecular flexibility index (Phi) is 3.81. The fraction of sp³-hybridized carbons (Fsp3) is 0.538. The van der Waals surface area contributed by atoms with E-state index in [9.17, 15) is 4.79 Å². The van der Waals surface area contributed by atoms with Gasteiger partial charge >= 0.3 is 0 Å². The van der Waals surface area contributed by atoms with Crippen molar-refractivity contribution in [2.75, 3.05) is 39.1 Å². The van der Waals surface area contributed by atoms with E-state index in [1.165, 1.54) is 5.56 Å². The molecule has 0 aliphatic carbocycles. The third-order valence-electron chi connectivity index (χ3n) is 3.18. The van der Waals surface area contributed by atoms with E-state index in [1.54, 1.807) is 7.05 Å². The molecule has 0 aromatic carbocycles. The molecule has 0 fully saturated rings.